The third kappa shape index (κ3) is 5.22. The predicted molar refractivity (Wildman–Crippen MR) is 147 cm³/mol. The number of thiocarbonyl (C=S) groups is 1. The van der Waals surface area contributed by atoms with Crippen LogP contribution in [-0.4, -0.2) is 17.9 Å². The number of benzene rings is 3. The molecule has 168 valence electrons. The zero-order chi connectivity index (χ0) is 23.5. The van der Waals surface area contributed by atoms with E-state index in [0.717, 1.165) is 36.2 Å². The van der Waals surface area contributed by atoms with Crippen molar-refractivity contribution < 1.29 is 0 Å². The Kier molecular flexibility index (Phi) is 7.33. The van der Waals surface area contributed by atoms with Crippen LogP contribution in [0.3, 0.4) is 0 Å². The highest BCUT2D eigenvalue weighted by Gasteiger charge is 2.22. The zero-order valence-electron chi connectivity index (χ0n) is 19.0. The number of fused-ring (bicyclic) bond motifs is 1. The maximum atomic E-state index is 6.70. The van der Waals surface area contributed by atoms with Crippen molar-refractivity contribution in [3.05, 3.63) is 104 Å². The van der Waals surface area contributed by atoms with E-state index in [-0.39, 0.29) is 0 Å². The van der Waals surface area contributed by atoms with E-state index in [4.69, 9.17) is 35.4 Å². The number of rotatable bonds is 3. The quantitative estimate of drug-likeness (QED) is 0.228. The van der Waals surface area contributed by atoms with Gasteiger partial charge < -0.3 is 5.32 Å². The first-order chi connectivity index (χ1) is 15.9. The van der Waals surface area contributed by atoms with Crippen molar-refractivity contribution in [2.24, 2.45) is 4.99 Å². The van der Waals surface area contributed by atoms with Crippen LogP contribution < -0.4 is 5.32 Å². The first kappa shape index (κ1) is 23.7. The van der Waals surface area contributed by atoms with Crippen molar-refractivity contribution in [1.29, 1.82) is 0 Å². The second kappa shape index (κ2) is 10.2. The van der Waals surface area contributed by atoms with E-state index in [0.29, 0.717) is 15.0 Å². The van der Waals surface area contributed by atoms with E-state index in [1.54, 1.807) is 7.05 Å². The van der Waals surface area contributed by atoms with Crippen molar-refractivity contribution in [2.75, 3.05) is 7.05 Å². The number of halogens is 2. The second-order valence-corrected chi connectivity index (χ2v) is 9.78. The van der Waals surface area contributed by atoms with Crippen LogP contribution in [0.4, 0.5) is 0 Å². The van der Waals surface area contributed by atoms with Crippen molar-refractivity contribution in [3.63, 3.8) is 0 Å². The van der Waals surface area contributed by atoms with Gasteiger partial charge in [-0.2, -0.15) is 0 Å². The first-order valence-corrected chi connectivity index (χ1v) is 12.2. The van der Waals surface area contributed by atoms with E-state index in [1.807, 2.05) is 25.1 Å². The lowest BCUT2D eigenvalue weighted by Crippen LogP contribution is -2.27. The minimum atomic E-state index is 0.646. The van der Waals surface area contributed by atoms with Crippen molar-refractivity contribution in [1.82, 2.24) is 5.32 Å². The van der Waals surface area contributed by atoms with Crippen LogP contribution >= 0.6 is 35.4 Å². The van der Waals surface area contributed by atoms with Crippen LogP contribution in [0.15, 0.2) is 65.7 Å². The predicted octanol–water partition coefficient (Wildman–Crippen LogP) is 7.91. The van der Waals surface area contributed by atoms with Gasteiger partial charge in [0.2, 0.25) is 0 Å². The molecule has 0 spiro atoms. The number of allylic oxidation sites excluding steroid dienone is 1. The molecule has 0 amide bonds. The largest absolute Gasteiger partial charge is 0.335 e. The maximum Gasteiger partial charge on any atom is 0.132 e. The highest BCUT2D eigenvalue weighted by Crippen LogP contribution is 2.42. The number of aliphatic imine (C=N–C) groups is 1. The molecular formula is C28H26Cl2N2S. The summed E-state index contributed by atoms with van der Waals surface area (Å²) in [5.41, 5.74) is 9.52. The van der Waals surface area contributed by atoms with Gasteiger partial charge in [-0.3, -0.25) is 4.99 Å². The number of hydrogen-bond donors (Lipinski definition) is 1. The zero-order valence-corrected chi connectivity index (χ0v) is 21.3. The molecule has 0 saturated carbocycles. The molecule has 1 N–H and O–H groups in total. The monoisotopic (exact) mass is 492 g/mol. The van der Waals surface area contributed by atoms with Gasteiger partial charge in [0.15, 0.2) is 0 Å². The first-order valence-electron chi connectivity index (χ1n) is 11.0. The molecule has 0 aromatic heterocycles. The van der Waals surface area contributed by atoms with Gasteiger partial charge >= 0.3 is 0 Å². The average molecular weight is 494 g/mol. The minimum absolute atomic E-state index is 0.646. The van der Waals surface area contributed by atoms with Crippen molar-refractivity contribution in [3.8, 4) is 0 Å². The molecule has 3 aromatic rings. The van der Waals surface area contributed by atoms with E-state index in [9.17, 15) is 0 Å². The Labute approximate surface area is 211 Å². The van der Waals surface area contributed by atoms with Gasteiger partial charge in [0.05, 0.1) is 4.99 Å². The van der Waals surface area contributed by atoms with Gasteiger partial charge in [0.1, 0.15) is 5.84 Å². The van der Waals surface area contributed by atoms with Gasteiger partial charge in [-0.05, 0) is 84.7 Å². The fourth-order valence-electron chi connectivity index (χ4n) is 4.41. The summed E-state index contributed by atoms with van der Waals surface area (Å²) in [6.45, 7) is 3.98. The van der Waals surface area contributed by atoms with Gasteiger partial charge in [0.25, 0.3) is 0 Å². The van der Waals surface area contributed by atoms with Crippen LogP contribution in [0.2, 0.25) is 10.0 Å². The Hall–Kier alpha value is -2.46. The number of hydrogen-bond acceptors (Lipinski definition) is 2. The van der Waals surface area contributed by atoms with Crippen LogP contribution in [0.25, 0.3) is 11.1 Å². The summed E-state index contributed by atoms with van der Waals surface area (Å²) in [4.78, 5) is 5.12. The molecule has 2 nitrogen and oxygen atoms in total. The van der Waals surface area contributed by atoms with E-state index in [1.165, 1.54) is 33.4 Å². The van der Waals surface area contributed by atoms with E-state index < -0.39 is 0 Å². The molecule has 33 heavy (non-hydrogen) atoms. The fourth-order valence-corrected chi connectivity index (χ4v) is 5.03. The lowest BCUT2D eigenvalue weighted by atomic mass is 9.87. The molecule has 0 atom stereocenters. The lowest BCUT2D eigenvalue weighted by molar-refractivity contribution is 0.860. The molecule has 3 aromatic carbocycles. The Balaban J connectivity index is 1.95. The van der Waals surface area contributed by atoms with Crippen LogP contribution in [0.1, 0.15) is 53.1 Å². The summed E-state index contributed by atoms with van der Waals surface area (Å²) in [6, 6.07) is 21.1. The lowest BCUT2D eigenvalue weighted by Gasteiger charge is -2.18. The average Bonchev–Trinajstić information content (AvgIpc) is 2.97. The molecule has 0 bridgehead atoms. The summed E-state index contributed by atoms with van der Waals surface area (Å²) in [5.74, 6) is 0.788. The van der Waals surface area contributed by atoms with Crippen molar-refractivity contribution in [2.45, 2.75) is 33.1 Å². The summed E-state index contributed by atoms with van der Waals surface area (Å²) >= 11 is 18.2. The molecule has 5 heteroatoms. The molecule has 0 saturated heterocycles. The minimum Gasteiger partial charge on any atom is -0.335 e. The Bertz CT molecular complexity index is 1270. The summed E-state index contributed by atoms with van der Waals surface area (Å²) < 4.78 is 0. The Morgan fingerprint density at radius 3 is 2.33 bits per heavy atom. The molecule has 4 rings (SSSR count). The summed E-state index contributed by atoms with van der Waals surface area (Å²) in [6.07, 6.45) is 2.93. The number of aryl methyl sites for hydroxylation is 2. The topological polar surface area (TPSA) is 24.4 Å². The Morgan fingerprint density at radius 2 is 1.67 bits per heavy atom. The van der Waals surface area contributed by atoms with Crippen LogP contribution in [0.5, 0.6) is 0 Å². The number of amidine groups is 1. The normalized spacial score (nSPS) is 14.0. The van der Waals surface area contributed by atoms with Gasteiger partial charge in [-0.25, -0.2) is 0 Å². The van der Waals surface area contributed by atoms with Gasteiger partial charge in [-0.15, -0.1) is 0 Å². The van der Waals surface area contributed by atoms with Gasteiger partial charge in [0, 0.05) is 22.7 Å². The molecule has 0 aliphatic heterocycles. The Morgan fingerprint density at radius 1 is 0.939 bits per heavy atom. The highest BCUT2D eigenvalue weighted by atomic mass is 35.5. The van der Waals surface area contributed by atoms with Crippen molar-refractivity contribution >= 4 is 57.4 Å². The van der Waals surface area contributed by atoms with E-state index >= 15 is 0 Å². The summed E-state index contributed by atoms with van der Waals surface area (Å²) in [7, 11) is 1.78. The molecule has 0 radical (unpaired) electrons. The van der Waals surface area contributed by atoms with Gasteiger partial charge in [-0.1, -0.05) is 83.4 Å². The molecule has 0 heterocycles. The third-order valence-corrected chi connectivity index (χ3v) is 6.59. The molecular weight excluding hydrogens is 467 g/mol. The molecule has 1 aliphatic carbocycles. The molecule has 0 unspecified atom stereocenters. The molecule has 1 aliphatic rings. The molecule has 0 fully saturated rings. The summed E-state index contributed by atoms with van der Waals surface area (Å²) in [5, 5.41) is 4.53. The second-order valence-electron chi connectivity index (χ2n) is 8.32. The number of nitrogens with zero attached hydrogens (tertiary/aromatic N) is 1. The highest BCUT2D eigenvalue weighted by molar-refractivity contribution is 7.80. The van der Waals surface area contributed by atoms with Crippen LogP contribution in [0, 0.1) is 6.92 Å². The fraction of sp³-hybridized carbons (Fsp3) is 0.214. The smallest absolute Gasteiger partial charge is 0.132 e. The van der Waals surface area contributed by atoms with Crippen LogP contribution in [-0.2, 0) is 6.42 Å². The number of nitrogens with one attached hydrogen (secondary N) is 1. The van der Waals surface area contributed by atoms with E-state index in [2.05, 4.69) is 59.7 Å². The third-order valence-electron chi connectivity index (χ3n) is 5.94. The maximum absolute atomic E-state index is 6.70. The SMILES string of the molecule is C/N=C(\NC(C)=S)c1ccc2c(c1)CCCC(c1ccc(Cl)cc1Cl)=C2c1ccc(C)cc1. The standard InChI is InChI=1S/C28H26Cl2N2S/c1-17-7-9-19(10-8-17)27-23-13-11-21(28(31-3)32-18(2)33)15-20(23)5-4-6-25(27)24-14-12-22(29)16-26(24)30/h7-16H,4-6H2,1-3H3,(H,31,32,33).